The predicted octanol–water partition coefficient (Wildman–Crippen LogP) is 1.40. The summed E-state index contributed by atoms with van der Waals surface area (Å²) in [6.45, 7) is 5.49. The van der Waals surface area contributed by atoms with Gasteiger partial charge in [0.05, 0.1) is 6.42 Å². The monoisotopic (exact) mass is 334 g/mol. The van der Waals surface area contributed by atoms with Crippen LogP contribution >= 0.6 is 0 Å². The van der Waals surface area contributed by atoms with Crippen molar-refractivity contribution >= 4 is 23.5 Å². The number of benzene rings is 1. The molecule has 2 atom stereocenters. The van der Waals surface area contributed by atoms with E-state index in [0.717, 1.165) is 6.42 Å². The summed E-state index contributed by atoms with van der Waals surface area (Å²) < 4.78 is 0. The van der Waals surface area contributed by atoms with Gasteiger partial charge in [0, 0.05) is 18.8 Å². The van der Waals surface area contributed by atoms with Crippen molar-refractivity contribution in [2.75, 3.05) is 12.4 Å². The van der Waals surface area contributed by atoms with Gasteiger partial charge < -0.3 is 21.3 Å². The molecule has 7 heteroatoms. The maximum Gasteiger partial charge on any atom is 0.319 e. The van der Waals surface area contributed by atoms with Crippen molar-refractivity contribution in [1.82, 2.24) is 16.0 Å². The van der Waals surface area contributed by atoms with Crippen LogP contribution in [0.2, 0.25) is 0 Å². The number of amides is 4. The van der Waals surface area contributed by atoms with Gasteiger partial charge in [0.15, 0.2) is 0 Å². The molecule has 0 radical (unpaired) electrons. The van der Waals surface area contributed by atoms with Gasteiger partial charge in [-0.15, -0.1) is 0 Å². The highest BCUT2D eigenvalue weighted by atomic mass is 16.2. The van der Waals surface area contributed by atoms with Gasteiger partial charge in [-0.1, -0.05) is 25.1 Å². The zero-order chi connectivity index (χ0) is 18.1. The molecule has 0 aromatic heterocycles. The number of likely N-dealkylation sites (N-methyl/N-ethyl adjacent to an activating group) is 1. The Labute approximate surface area is 142 Å². The van der Waals surface area contributed by atoms with Gasteiger partial charge >= 0.3 is 6.03 Å². The molecule has 0 fully saturated rings. The van der Waals surface area contributed by atoms with Crippen LogP contribution in [0.5, 0.6) is 0 Å². The third-order valence-electron chi connectivity index (χ3n) is 3.64. The van der Waals surface area contributed by atoms with Crippen molar-refractivity contribution < 1.29 is 14.4 Å². The molecule has 1 aromatic carbocycles. The lowest BCUT2D eigenvalue weighted by Gasteiger charge is -2.18. The van der Waals surface area contributed by atoms with E-state index in [1.807, 2.05) is 13.8 Å². The van der Waals surface area contributed by atoms with Gasteiger partial charge in [0.1, 0.15) is 6.04 Å². The van der Waals surface area contributed by atoms with Gasteiger partial charge in [-0.2, -0.15) is 0 Å². The highest BCUT2D eigenvalue weighted by Crippen LogP contribution is 2.15. The minimum Gasteiger partial charge on any atom is -0.359 e. The second-order valence-electron chi connectivity index (χ2n) is 5.65. The van der Waals surface area contributed by atoms with E-state index < -0.39 is 12.1 Å². The van der Waals surface area contributed by atoms with Crippen LogP contribution < -0.4 is 21.3 Å². The standard InChI is InChI=1S/C17H26N4O3/c1-5-11(2)19-16(23)12(3)20-17(24)21-14-9-7-6-8-13(14)10-15(22)18-4/h6-9,11-12H,5,10H2,1-4H3,(H,18,22)(H,19,23)(H2,20,21,24)/t11-,12-/m0/s1. The van der Waals surface area contributed by atoms with Gasteiger partial charge in [0.2, 0.25) is 11.8 Å². The number of anilines is 1. The molecular formula is C17H26N4O3. The van der Waals surface area contributed by atoms with E-state index in [-0.39, 0.29) is 24.3 Å². The Bertz CT molecular complexity index is 589. The molecule has 4 amide bonds. The molecule has 0 spiro atoms. The van der Waals surface area contributed by atoms with Gasteiger partial charge in [-0.3, -0.25) is 9.59 Å². The van der Waals surface area contributed by atoms with E-state index in [4.69, 9.17) is 0 Å². The first-order valence-corrected chi connectivity index (χ1v) is 8.03. The largest absolute Gasteiger partial charge is 0.359 e. The number of carbonyl (C=O) groups is 3. The maximum absolute atomic E-state index is 12.1. The van der Waals surface area contributed by atoms with Crippen LogP contribution in [0, 0.1) is 0 Å². The Hall–Kier alpha value is -2.57. The molecule has 0 saturated carbocycles. The highest BCUT2D eigenvalue weighted by Gasteiger charge is 2.17. The first-order chi connectivity index (χ1) is 11.4. The van der Waals surface area contributed by atoms with Crippen molar-refractivity contribution in [1.29, 1.82) is 0 Å². The number of nitrogens with one attached hydrogen (secondary N) is 4. The van der Waals surface area contributed by atoms with E-state index in [1.165, 1.54) is 0 Å². The van der Waals surface area contributed by atoms with Crippen molar-refractivity contribution in [3.8, 4) is 0 Å². The number of rotatable bonds is 7. The van der Waals surface area contributed by atoms with Crippen molar-refractivity contribution in [2.24, 2.45) is 0 Å². The van der Waals surface area contributed by atoms with Crippen LogP contribution in [0.15, 0.2) is 24.3 Å². The van der Waals surface area contributed by atoms with E-state index in [2.05, 4.69) is 21.3 Å². The number of para-hydroxylation sites is 1. The van der Waals surface area contributed by atoms with Crippen LogP contribution in [-0.4, -0.2) is 37.0 Å². The normalized spacial score (nSPS) is 12.7. The van der Waals surface area contributed by atoms with Crippen molar-refractivity contribution in [3.05, 3.63) is 29.8 Å². The lowest BCUT2D eigenvalue weighted by molar-refractivity contribution is -0.123. The van der Waals surface area contributed by atoms with E-state index >= 15 is 0 Å². The fraction of sp³-hybridized carbons (Fsp3) is 0.471. The number of hydrogen-bond donors (Lipinski definition) is 4. The van der Waals surface area contributed by atoms with E-state index in [1.54, 1.807) is 38.2 Å². The third kappa shape index (κ3) is 6.28. The van der Waals surface area contributed by atoms with Gasteiger partial charge in [-0.25, -0.2) is 4.79 Å². The Kier molecular flexibility index (Phi) is 7.74. The minimum absolute atomic E-state index is 0.0538. The molecule has 24 heavy (non-hydrogen) atoms. The average molecular weight is 334 g/mol. The summed E-state index contributed by atoms with van der Waals surface area (Å²) in [4.78, 5) is 35.6. The maximum atomic E-state index is 12.1. The van der Waals surface area contributed by atoms with E-state index in [0.29, 0.717) is 11.3 Å². The lowest BCUT2D eigenvalue weighted by atomic mass is 10.1. The second-order valence-corrected chi connectivity index (χ2v) is 5.65. The zero-order valence-corrected chi connectivity index (χ0v) is 14.6. The molecule has 0 aliphatic heterocycles. The Morgan fingerprint density at radius 2 is 1.75 bits per heavy atom. The molecular weight excluding hydrogens is 308 g/mol. The van der Waals surface area contributed by atoms with Crippen LogP contribution in [0.25, 0.3) is 0 Å². The molecule has 0 aliphatic rings. The Morgan fingerprint density at radius 1 is 1.08 bits per heavy atom. The van der Waals surface area contributed by atoms with Gasteiger partial charge in [-0.05, 0) is 31.9 Å². The minimum atomic E-state index is -0.662. The number of urea groups is 1. The topological polar surface area (TPSA) is 99.3 Å². The predicted molar refractivity (Wildman–Crippen MR) is 93.7 cm³/mol. The smallest absolute Gasteiger partial charge is 0.319 e. The van der Waals surface area contributed by atoms with Crippen LogP contribution in [0.4, 0.5) is 10.5 Å². The summed E-state index contributed by atoms with van der Waals surface area (Å²) in [7, 11) is 1.56. The summed E-state index contributed by atoms with van der Waals surface area (Å²) in [6.07, 6.45) is 0.981. The van der Waals surface area contributed by atoms with Crippen LogP contribution in [-0.2, 0) is 16.0 Å². The van der Waals surface area contributed by atoms with Crippen molar-refractivity contribution in [2.45, 2.75) is 45.7 Å². The molecule has 0 saturated heterocycles. The second kappa shape index (κ2) is 9.54. The molecule has 1 rings (SSSR count). The molecule has 4 N–H and O–H groups in total. The fourth-order valence-electron chi connectivity index (χ4n) is 1.95. The third-order valence-corrected chi connectivity index (χ3v) is 3.64. The first-order valence-electron chi connectivity index (χ1n) is 8.03. The summed E-state index contributed by atoms with van der Waals surface area (Å²) in [6, 6.07) is 5.94. The highest BCUT2D eigenvalue weighted by molar-refractivity contribution is 5.94. The molecule has 0 heterocycles. The zero-order valence-electron chi connectivity index (χ0n) is 14.6. The summed E-state index contributed by atoms with van der Waals surface area (Å²) in [5, 5.41) is 10.6. The Balaban J connectivity index is 2.65. The first kappa shape index (κ1) is 19.5. The molecule has 0 bridgehead atoms. The average Bonchev–Trinajstić information content (AvgIpc) is 2.56. The summed E-state index contributed by atoms with van der Waals surface area (Å²) >= 11 is 0. The molecule has 0 unspecified atom stereocenters. The molecule has 7 nitrogen and oxygen atoms in total. The molecule has 0 aliphatic carbocycles. The Morgan fingerprint density at radius 3 is 2.38 bits per heavy atom. The SMILES string of the molecule is CC[C@H](C)NC(=O)[C@H](C)NC(=O)Nc1ccccc1CC(=O)NC. The lowest BCUT2D eigenvalue weighted by Crippen LogP contribution is -2.48. The van der Waals surface area contributed by atoms with Gasteiger partial charge in [0.25, 0.3) is 0 Å². The van der Waals surface area contributed by atoms with Crippen LogP contribution in [0.1, 0.15) is 32.8 Å². The summed E-state index contributed by atoms with van der Waals surface area (Å²) in [5.41, 5.74) is 1.23. The van der Waals surface area contributed by atoms with E-state index in [9.17, 15) is 14.4 Å². The number of carbonyl (C=O) groups excluding carboxylic acids is 3. The fourth-order valence-corrected chi connectivity index (χ4v) is 1.95. The quantitative estimate of drug-likeness (QED) is 0.606. The summed E-state index contributed by atoms with van der Waals surface area (Å²) in [5.74, 6) is -0.385. The molecule has 1 aromatic rings. The molecule has 132 valence electrons. The van der Waals surface area contributed by atoms with Crippen LogP contribution in [0.3, 0.4) is 0 Å². The van der Waals surface area contributed by atoms with Crippen molar-refractivity contribution in [3.63, 3.8) is 0 Å². The number of hydrogen-bond acceptors (Lipinski definition) is 3.